The monoisotopic (exact) mass is 1720 g/mol. The minimum Gasteiger partial charge on any atom is -0.311 e. The van der Waals surface area contributed by atoms with Crippen LogP contribution in [0.25, 0.3) is 100 Å². The van der Waals surface area contributed by atoms with E-state index in [4.69, 9.17) is 0 Å². The average molecular weight is 1720 g/mol. The number of hydrogen-bond acceptors (Lipinski definition) is 6. The number of anilines is 15. The Morgan fingerprint density at radius 3 is 0.799 bits per heavy atom. The second-order valence-corrected chi connectivity index (χ2v) is 35.9. The molecule has 0 saturated heterocycles. The van der Waals surface area contributed by atoms with Crippen LogP contribution in [0.4, 0.5) is 85.3 Å². The summed E-state index contributed by atoms with van der Waals surface area (Å²) in [5.74, 6) is 0. The molecule has 25 rings (SSSR count). The molecule has 4 aliphatic heterocycles. The Kier molecular flexibility index (Phi) is 20.0. The van der Waals surface area contributed by atoms with Crippen LogP contribution >= 0.6 is 11.8 Å². The topological polar surface area (TPSA) is 16.2 Å². The summed E-state index contributed by atoms with van der Waals surface area (Å²) in [6.45, 7) is -0.628. The maximum absolute atomic E-state index is 2.70. The van der Waals surface area contributed by atoms with Crippen molar-refractivity contribution in [1.82, 2.24) is 0 Å². The first-order valence-corrected chi connectivity index (χ1v) is 47.0. The van der Waals surface area contributed by atoms with Crippen molar-refractivity contribution in [1.29, 1.82) is 0 Å². The lowest BCUT2D eigenvalue weighted by Gasteiger charge is -2.47. The van der Waals surface area contributed by atoms with Crippen LogP contribution in [0, 0.1) is 0 Å². The SMILES string of the molecule is c1ccc(-c2ccccc2N2c3cc4c(cc3B3c5ccccc5N(c5c(-c6ccccc6)cccc5-c5ccccc5)c5cc(N(c6ccccc6)c6c(-c7ccccc7)cccc6-c6ccccc6)cc2c53)B2c3ccccc3N(c3c(-c5ccccc5)cccc3-c3ccccc3)c3cc(N(c5ccccc5)c5c(-c6ccccc6)cccc5-c5ccccc5)cc(c32)S4)cc1. The number of nitrogens with zero attached hydrogens (tertiary/aromatic N) is 5. The van der Waals surface area contributed by atoms with Crippen LogP contribution in [-0.4, -0.2) is 13.4 Å². The van der Waals surface area contributed by atoms with Gasteiger partial charge in [-0.25, -0.2) is 0 Å². The van der Waals surface area contributed by atoms with E-state index in [1.807, 2.05) is 11.8 Å². The summed E-state index contributed by atoms with van der Waals surface area (Å²) >= 11 is 1.91. The first kappa shape index (κ1) is 79.3. The molecule has 8 heteroatoms. The van der Waals surface area contributed by atoms with E-state index >= 15 is 0 Å². The molecule has 134 heavy (non-hydrogen) atoms. The van der Waals surface area contributed by atoms with Gasteiger partial charge >= 0.3 is 0 Å². The highest BCUT2D eigenvalue weighted by molar-refractivity contribution is 8.00. The van der Waals surface area contributed by atoms with Gasteiger partial charge in [0.25, 0.3) is 6.71 Å². The summed E-state index contributed by atoms with van der Waals surface area (Å²) in [5.41, 5.74) is 43.4. The quantitative estimate of drug-likeness (QED) is 0.0790. The van der Waals surface area contributed by atoms with Crippen molar-refractivity contribution in [2.24, 2.45) is 0 Å². The first-order valence-electron chi connectivity index (χ1n) is 46.2. The predicted octanol–water partition coefficient (Wildman–Crippen LogP) is 30.5. The van der Waals surface area contributed by atoms with Crippen molar-refractivity contribution in [3.8, 4) is 100 Å². The van der Waals surface area contributed by atoms with Crippen LogP contribution in [-0.2, 0) is 0 Å². The molecule has 0 bridgehead atoms. The minimum atomic E-state index is -0.342. The molecular weight excluding hydrogens is 1640 g/mol. The molecule has 4 heterocycles. The van der Waals surface area contributed by atoms with E-state index in [9.17, 15) is 0 Å². The Morgan fingerprint density at radius 1 is 0.164 bits per heavy atom. The van der Waals surface area contributed by atoms with Crippen LogP contribution < -0.4 is 57.3 Å². The minimum absolute atomic E-state index is 0.286. The van der Waals surface area contributed by atoms with Crippen LogP contribution in [0.5, 0.6) is 0 Å². The summed E-state index contributed by atoms with van der Waals surface area (Å²) in [6, 6.07) is 193. The van der Waals surface area contributed by atoms with Crippen molar-refractivity contribution < 1.29 is 0 Å². The van der Waals surface area contributed by atoms with Crippen molar-refractivity contribution >= 4 is 143 Å². The fourth-order valence-electron chi connectivity index (χ4n) is 21.6. The molecule has 0 radical (unpaired) electrons. The summed E-state index contributed by atoms with van der Waals surface area (Å²) in [4.78, 5) is 15.5. The van der Waals surface area contributed by atoms with Gasteiger partial charge in [-0.15, -0.1) is 0 Å². The van der Waals surface area contributed by atoms with Crippen molar-refractivity contribution in [3.05, 3.63) is 516 Å². The summed E-state index contributed by atoms with van der Waals surface area (Å²) in [7, 11) is 0. The lowest BCUT2D eigenvalue weighted by atomic mass is 9.31. The van der Waals surface area contributed by atoms with Gasteiger partial charge in [0.2, 0.25) is 6.71 Å². The molecular formula is C126H85B2N5S. The zero-order valence-electron chi connectivity index (χ0n) is 73.4. The highest BCUT2D eigenvalue weighted by Gasteiger charge is 2.49. The van der Waals surface area contributed by atoms with Gasteiger partial charge in [-0.05, 0) is 150 Å². The molecule has 0 unspecified atom stereocenters. The molecule has 4 aliphatic rings. The number of benzene rings is 21. The number of para-hydroxylation sites is 9. The highest BCUT2D eigenvalue weighted by atomic mass is 32.2. The zero-order valence-corrected chi connectivity index (χ0v) is 74.2. The molecule has 0 aromatic heterocycles. The molecule has 5 nitrogen and oxygen atoms in total. The van der Waals surface area contributed by atoms with Gasteiger partial charge in [0, 0.05) is 111 Å². The number of rotatable bonds is 18. The number of fused-ring (bicyclic) bond motifs is 8. The predicted molar refractivity (Wildman–Crippen MR) is 569 cm³/mol. The molecule has 0 aliphatic carbocycles. The van der Waals surface area contributed by atoms with Gasteiger partial charge in [-0.2, -0.15) is 0 Å². The van der Waals surface area contributed by atoms with Crippen molar-refractivity contribution in [3.63, 3.8) is 0 Å². The molecule has 0 atom stereocenters. The Hall–Kier alpha value is -16.9. The summed E-state index contributed by atoms with van der Waals surface area (Å²) in [5, 5.41) is 0. The largest absolute Gasteiger partial charge is 0.311 e. The van der Waals surface area contributed by atoms with E-state index in [1.54, 1.807) is 0 Å². The zero-order chi connectivity index (χ0) is 88.5. The summed E-state index contributed by atoms with van der Waals surface area (Å²) in [6.07, 6.45) is 0. The van der Waals surface area contributed by atoms with E-state index in [0.29, 0.717) is 0 Å². The normalized spacial score (nSPS) is 12.4. The highest BCUT2D eigenvalue weighted by Crippen LogP contribution is 2.59. The Morgan fingerprint density at radius 2 is 0.433 bits per heavy atom. The van der Waals surface area contributed by atoms with E-state index in [1.165, 1.54) is 42.6 Å². The molecule has 21 aromatic rings. The molecule has 0 amide bonds. The molecule has 0 N–H and O–H groups in total. The maximum atomic E-state index is 2.70. The van der Waals surface area contributed by atoms with E-state index in [0.717, 1.165) is 185 Å². The second kappa shape index (κ2) is 33.9. The first-order chi connectivity index (χ1) is 66.6. The lowest BCUT2D eigenvalue weighted by Crippen LogP contribution is -2.64. The van der Waals surface area contributed by atoms with Gasteiger partial charge in [0.15, 0.2) is 0 Å². The lowest BCUT2D eigenvalue weighted by molar-refractivity contribution is 1.22. The fraction of sp³-hybridized carbons (Fsp3) is 0. The van der Waals surface area contributed by atoms with Crippen LogP contribution in [0.3, 0.4) is 0 Å². The third-order valence-electron chi connectivity index (χ3n) is 27.2. The molecule has 21 aromatic carbocycles. The van der Waals surface area contributed by atoms with E-state index < -0.39 is 0 Å². The van der Waals surface area contributed by atoms with Gasteiger partial charge in [0.1, 0.15) is 0 Å². The fourth-order valence-corrected chi connectivity index (χ4v) is 22.8. The smallest absolute Gasteiger partial charge is 0.252 e. The molecule has 0 spiro atoms. The number of hydrogen-bond donors (Lipinski definition) is 0. The molecule has 0 fully saturated rings. The summed E-state index contributed by atoms with van der Waals surface area (Å²) < 4.78 is 0. The Bertz CT molecular complexity index is 7790. The maximum Gasteiger partial charge on any atom is 0.252 e. The van der Waals surface area contributed by atoms with Gasteiger partial charge in [0.05, 0.1) is 34.1 Å². The van der Waals surface area contributed by atoms with Gasteiger partial charge in [-0.1, -0.05) is 460 Å². The van der Waals surface area contributed by atoms with Crippen molar-refractivity contribution in [2.75, 3.05) is 24.5 Å². The van der Waals surface area contributed by atoms with E-state index in [-0.39, 0.29) is 13.4 Å². The third-order valence-corrected chi connectivity index (χ3v) is 28.4. The average Bonchev–Trinajstić information content (AvgIpc) is 0.680. The van der Waals surface area contributed by atoms with Crippen molar-refractivity contribution in [2.45, 2.75) is 9.79 Å². The van der Waals surface area contributed by atoms with Crippen LogP contribution in [0.2, 0.25) is 0 Å². The second-order valence-electron chi connectivity index (χ2n) is 34.8. The van der Waals surface area contributed by atoms with Crippen LogP contribution in [0.1, 0.15) is 0 Å². The molecule has 0 saturated carbocycles. The molecule has 626 valence electrons. The standard InChI is InChI=1S/C126H85B2N5S/c1-12-44-86(45-13-1)99-66-34-37-77-112(99)131-115-85-119-111(128-109-76-36-39-79-114(109)133(126-106(93-58-26-8-27-59-93)73-43-74-107(126)94-60-28-9-29-61-94)118-82-98(83-120(134-119)122(118)128)130(96-64-32-11-33-65-96)124-102(89-50-18-4-19-51-89)69-41-70-103(124)90-52-20-5-21-53-90)84-110(115)127-108-75-35-38-78-113(108)132(125-104(91-54-22-6-23-55-91)71-42-72-105(125)92-56-24-7-25-57-92)117-81-97(80-116(131)121(117)127)129(95-62-30-10-31-63-95)123-100(87-46-14-2-15-47-87)67-40-68-101(123)88-48-16-3-17-49-88/h1-85H. The van der Waals surface area contributed by atoms with Crippen LogP contribution in [0.15, 0.2) is 525 Å². The van der Waals surface area contributed by atoms with E-state index in [2.05, 4.69) is 540 Å². The Balaban J connectivity index is 0.817. The van der Waals surface area contributed by atoms with Gasteiger partial charge < -0.3 is 24.5 Å². The Labute approximate surface area is 787 Å². The van der Waals surface area contributed by atoms with Gasteiger partial charge in [-0.3, -0.25) is 0 Å². The third kappa shape index (κ3) is 13.6.